The van der Waals surface area contributed by atoms with Gasteiger partial charge in [-0.15, -0.1) is 0 Å². The van der Waals surface area contributed by atoms with Crippen LogP contribution in [0.2, 0.25) is 0 Å². The molecule has 54 heavy (non-hydrogen) atoms. The minimum Gasteiger partial charge on any atom is -0.462 e. The number of allylic oxidation sites excluding steroid dienone is 4. The van der Waals surface area contributed by atoms with Crippen molar-refractivity contribution in [2.24, 2.45) is 0 Å². The Morgan fingerprint density at radius 3 is 1.46 bits per heavy atom. The summed E-state index contributed by atoms with van der Waals surface area (Å²) in [5.74, 6) is -0.955. The maximum atomic E-state index is 12.6. The molecule has 10 nitrogen and oxygen atoms in total. The van der Waals surface area contributed by atoms with Gasteiger partial charge in [-0.2, -0.15) is 0 Å². The first-order chi connectivity index (χ1) is 26.2. The van der Waals surface area contributed by atoms with Gasteiger partial charge in [-0.25, -0.2) is 4.57 Å². The van der Waals surface area contributed by atoms with Gasteiger partial charge in [-0.05, 0) is 44.9 Å². The maximum absolute atomic E-state index is 12.6. The fourth-order valence-electron chi connectivity index (χ4n) is 5.96. The maximum Gasteiger partial charge on any atom is 0.472 e. The van der Waals surface area contributed by atoms with Crippen LogP contribution in [-0.4, -0.2) is 65.7 Å². The molecular formula is C43H81O10P. The Hall–Kier alpha value is -1.55. The van der Waals surface area contributed by atoms with Crippen LogP contribution in [0, 0.1) is 0 Å². The lowest BCUT2D eigenvalue weighted by Crippen LogP contribution is -2.29. The second kappa shape index (κ2) is 39.7. The predicted octanol–water partition coefficient (Wildman–Crippen LogP) is 11.4. The lowest BCUT2D eigenvalue weighted by molar-refractivity contribution is -0.161. The first kappa shape index (κ1) is 52.5. The number of aliphatic hydroxyl groups excluding tert-OH is 2. The van der Waals surface area contributed by atoms with Crippen molar-refractivity contribution in [2.75, 3.05) is 26.4 Å². The van der Waals surface area contributed by atoms with Crippen LogP contribution in [0.15, 0.2) is 24.3 Å². The fourth-order valence-corrected chi connectivity index (χ4v) is 6.75. The molecule has 11 heteroatoms. The molecule has 0 saturated carbocycles. The summed E-state index contributed by atoms with van der Waals surface area (Å²) < 4.78 is 32.7. The number of hydrogen-bond donors (Lipinski definition) is 3. The van der Waals surface area contributed by atoms with Crippen LogP contribution < -0.4 is 0 Å². The van der Waals surface area contributed by atoms with Crippen molar-refractivity contribution in [2.45, 2.75) is 212 Å². The summed E-state index contributed by atoms with van der Waals surface area (Å²) in [4.78, 5) is 34.9. The zero-order chi connectivity index (χ0) is 39.8. The SMILES string of the molecule is CCCCCCCC/C=C/C/C=C/CCCCC(=O)OC[C@H](COP(=O)(O)OC[C@@H](O)CO)OC(=O)CCCCCCCCCCCCCCCCCC. The number of ether oxygens (including phenoxy) is 2. The average molecular weight is 789 g/mol. The topological polar surface area (TPSA) is 149 Å². The molecular weight excluding hydrogens is 707 g/mol. The molecule has 3 atom stereocenters. The number of rotatable bonds is 41. The molecule has 0 rings (SSSR count). The summed E-state index contributed by atoms with van der Waals surface area (Å²) in [5, 5.41) is 18.3. The number of phosphoric acid groups is 1. The summed E-state index contributed by atoms with van der Waals surface area (Å²) in [7, 11) is -4.62. The standard InChI is InChI=1S/C43H81O10P/c1-3-5-7-9-11-13-15-17-19-21-23-25-27-29-31-33-35-43(47)53-41(39-52-54(48,49)51-37-40(45)36-44)38-50-42(46)34-32-30-28-26-24-22-20-18-16-14-12-10-8-6-4-2/h18,20,24,26,40-41,44-45H,3-17,19,21-23,25,27-39H2,1-2H3,(H,48,49)/b20-18+,26-24+/t40-,41+/m0/s1. The lowest BCUT2D eigenvalue weighted by atomic mass is 10.0. The van der Waals surface area contributed by atoms with Gasteiger partial charge in [-0.3, -0.25) is 18.6 Å². The molecule has 0 radical (unpaired) electrons. The molecule has 0 amide bonds. The van der Waals surface area contributed by atoms with Crippen LogP contribution >= 0.6 is 7.82 Å². The highest BCUT2D eigenvalue weighted by atomic mass is 31.2. The van der Waals surface area contributed by atoms with E-state index in [1.165, 1.54) is 116 Å². The predicted molar refractivity (Wildman–Crippen MR) is 219 cm³/mol. The van der Waals surface area contributed by atoms with Crippen LogP contribution in [-0.2, 0) is 32.7 Å². The first-order valence-electron chi connectivity index (χ1n) is 21.8. The van der Waals surface area contributed by atoms with E-state index < -0.39 is 51.8 Å². The molecule has 0 heterocycles. The monoisotopic (exact) mass is 789 g/mol. The van der Waals surface area contributed by atoms with Gasteiger partial charge in [0.2, 0.25) is 0 Å². The van der Waals surface area contributed by atoms with E-state index in [1.807, 2.05) is 0 Å². The molecule has 0 aromatic heterocycles. The van der Waals surface area contributed by atoms with Crippen LogP contribution in [0.3, 0.4) is 0 Å². The fraction of sp³-hybridized carbons (Fsp3) is 0.860. The van der Waals surface area contributed by atoms with Crippen molar-refractivity contribution >= 4 is 19.8 Å². The normalized spacial score (nSPS) is 14.1. The lowest BCUT2D eigenvalue weighted by Gasteiger charge is -2.20. The third-order valence-corrected chi connectivity index (χ3v) is 10.3. The minimum atomic E-state index is -4.62. The third-order valence-electron chi connectivity index (χ3n) is 9.36. The van der Waals surface area contributed by atoms with E-state index in [9.17, 15) is 24.2 Å². The van der Waals surface area contributed by atoms with Gasteiger partial charge in [0.1, 0.15) is 12.7 Å². The van der Waals surface area contributed by atoms with Gasteiger partial charge in [0.05, 0.1) is 19.8 Å². The molecule has 0 spiro atoms. The van der Waals surface area contributed by atoms with E-state index in [4.69, 9.17) is 19.1 Å². The Morgan fingerprint density at radius 1 is 0.556 bits per heavy atom. The summed E-state index contributed by atoms with van der Waals surface area (Å²) >= 11 is 0. The molecule has 1 unspecified atom stereocenters. The average Bonchev–Trinajstić information content (AvgIpc) is 3.16. The van der Waals surface area contributed by atoms with Crippen LogP contribution in [0.5, 0.6) is 0 Å². The molecule has 0 aliphatic heterocycles. The third kappa shape index (κ3) is 38.7. The molecule has 3 N–H and O–H groups in total. The van der Waals surface area contributed by atoms with Gasteiger partial charge in [0.25, 0.3) is 0 Å². The quantitative estimate of drug-likeness (QED) is 0.0236. The Labute approximate surface area is 329 Å². The molecule has 0 aromatic carbocycles. The molecule has 0 aliphatic carbocycles. The van der Waals surface area contributed by atoms with Crippen molar-refractivity contribution < 1.29 is 47.8 Å². The number of hydrogen-bond acceptors (Lipinski definition) is 9. The number of carbonyl (C=O) groups excluding carboxylic acids is 2. The summed E-state index contributed by atoms with van der Waals surface area (Å²) in [5.41, 5.74) is 0. The van der Waals surface area contributed by atoms with Crippen LogP contribution in [0.1, 0.15) is 200 Å². The highest BCUT2D eigenvalue weighted by molar-refractivity contribution is 7.47. The van der Waals surface area contributed by atoms with Crippen molar-refractivity contribution in [3.8, 4) is 0 Å². The molecule has 0 aliphatic rings. The summed E-state index contributed by atoms with van der Waals surface area (Å²) in [6, 6.07) is 0. The van der Waals surface area contributed by atoms with E-state index in [0.29, 0.717) is 12.8 Å². The molecule has 0 aromatic rings. The highest BCUT2D eigenvalue weighted by Crippen LogP contribution is 2.43. The van der Waals surface area contributed by atoms with Gasteiger partial charge in [0, 0.05) is 12.8 Å². The Kier molecular flexibility index (Phi) is 38.5. The first-order valence-corrected chi connectivity index (χ1v) is 23.3. The summed E-state index contributed by atoms with van der Waals surface area (Å²) in [6.45, 7) is 2.35. The van der Waals surface area contributed by atoms with Crippen molar-refractivity contribution in [1.29, 1.82) is 0 Å². The van der Waals surface area contributed by atoms with Crippen molar-refractivity contribution in [3.63, 3.8) is 0 Å². The second-order valence-electron chi connectivity index (χ2n) is 14.7. The van der Waals surface area contributed by atoms with E-state index >= 15 is 0 Å². The van der Waals surface area contributed by atoms with Gasteiger partial charge in [-0.1, -0.05) is 167 Å². The Morgan fingerprint density at radius 2 is 0.963 bits per heavy atom. The Bertz CT molecular complexity index is 957. The van der Waals surface area contributed by atoms with Crippen LogP contribution in [0.4, 0.5) is 0 Å². The molecule has 0 saturated heterocycles. The van der Waals surface area contributed by atoms with Crippen molar-refractivity contribution in [1.82, 2.24) is 0 Å². The largest absolute Gasteiger partial charge is 0.472 e. The molecule has 0 bridgehead atoms. The zero-order valence-electron chi connectivity index (χ0n) is 34.4. The second-order valence-corrected chi connectivity index (χ2v) is 16.2. The smallest absolute Gasteiger partial charge is 0.462 e. The van der Waals surface area contributed by atoms with Gasteiger partial charge in [0.15, 0.2) is 6.10 Å². The van der Waals surface area contributed by atoms with Crippen LogP contribution in [0.25, 0.3) is 0 Å². The number of phosphoric ester groups is 1. The zero-order valence-corrected chi connectivity index (χ0v) is 35.3. The van der Waals surface area contributed by atoms with Crippen molar-refractivity contribution in [3.05, 3.63) is 24.3 Å². The number of aliphatic hydroxyl groups is 2. The van der Waals surface area contributed by atoms with E-state index in [-0.39, 0.29) is 19.4 Å². The van der Waals surface area contributed by atoms with Gasteiger partial charge < -0.3 is 24.6 Å². The van der Waals surface area contributed by atoms with E-state index in [2.05, 4.69) is 42.7 Å². The minimum absolute atomic E-state index is 0.182. The molecule has 0 fully saturated rings. The Balaban J connectivity index is 4.32. The van der Waals surface area contributed by atoms with E-state index in [0.717, 1.165) is 44.9 Å². The number of carbonyl (C=O) groups is 2. The van der Waals surface area contributed by atoms with E-state index in [1.54, 1.807) is 0 Å². The number of unbranched alkanes of at least 4 members (excludes halogenated alkanes) is 23. The summed E-state index contributed by atoms with van der Waals surface area (Å²) in [6.07, 6.45) is 38.6. The molecule has 318 valence electrons. The van der Waals surface area contributed by atoms with Gasteiger partial charge >= 0.3 is 19.8 Å². The number of esters is 2. The highest BCUT2D eigenvalue weighted by Gasteiger charge is 2.27.